The predicted molar refractivity (Wildman–Crippen MR) is 106 cm³/mol. The summed E-state index contributed by atoms with van der Waals surface area (Å²) in [6.45, 7) is 7.45. The molecule has 1 aromatic heterocycles. The van der Waals surface area contributed by atoms with E-state index in [1.54, 1.807) is 0 Å². The van der Waals surface area contributed by atoms with Crippen LogP contribution in [-0.2, 0) is 0 Å². The minimum Gasteiger partial charge on any atom is -0.341 e. The normalized spacial score (nSPS) is 12.0. The van der Waals surface area contributed by atoms with Crippen LogP contribution in [0.1, 0.15) is 38.9 Å². The zero-order valence-electron chi connectivity index (χ0n) is 14.4. The summed E-state index contributed by atoms with van der Waals surface area (Å²) in [5.74, 6) is 0.609. The molecule has 0 fully saturated rings. The standard InChI is InChI=1S/C19H24ClN3S/c1-14(2)10-12-23(15(3)18-9-4-5-11-21-18)19(24)22-17-8-6-7-16(20)13-17/h4-9,11,13-15H,10,12H2,1-3H3,(H,22,24)/t15-/m1/s1. The quantitative estimate of drug-likeness (QED) is 0.683. The molecule has 2 rings (SSSR count). The number of aromatic nitrogens is 1. The van der Waals surface area contributed by atoms with Crippen LogP contribution in [0.4, 0.5) is 5.69 Å². The molecule has 0 bridgehead atoms. The smallest absolute Gasteiger partial charge is 0.173 e. The van der Waals surface area contributed by atoms with E-state index >= 15 is 0 Å². The van der Waals surface area contributed by atoms with Gasteiger partial charge in [-0.1, -0.05) is 37.6 Å². The molecule has 0 amide bonds. The second-order valence-corrected chi connectivity index (χ2v) is 7.07. The highest BCUT2D eigenvalue weighted by molar-refractivity contribution is 7.80. The maximum absolute atomic E-state index is 6.06. The van der Waals surface area contributed by atoms with Gasteiger partial charge in [-0.2, -0.15) is 0 Å². The van der Waals surface area contributed by atoms with E-state index in [0.717, 1.165) is 24.3 Å². The van der Waals surface area contributed by atoms with Crippen LogP contribution in [0, 0.1) is 5.92 Å². The Morgan fingerprint density at radius 3 is 2.62 bits per heavy atom. The molecule has 0 spiro atoms. The highest BCUT2D eigenvalue weighted by atomic mass is 35.5. The lowest BCUT2D eigenvalue weighted by molar-refractivity contribution is 0.313. The zero-order chi connectivity index (χ0) is 17.5. The van der Waals surface area contributed by atoms with E-state index in [1.807, 2.05) is 48.7 Å². The van der Waals surface area contributed by atoms with Crippen LogP contribution in [0.15, 0.2) is 48.7 Å². The predicted octanol–water partition coefficient (Wildman–Crippen LogP) is 5.54. The number of pyridine rings is 1. The molecule has 1 heterocycles. The summed E-state index contributed by atoms with van der Waals surface area (Å²) in [5, 5.41) is 4.68. The van der Waals surface area contributed by atoms with Gasteiger partial charge in [0.1, 0.15) is 0 Å². The van der Waals surface area contributed by atoms with Gasteiger partial charge in [-0.3, -0.25) is 4.98 Å². The molecule has 128 valence electrons. The number of hydrogen-bond donors (Lipinski definition) is 1. The van der Waals surface area contributed by atoms with Crippen LogP contribution in [0.5, 0.6) is 0 Å². The van der Waals surface area contributed by atoms with E-state index in [1.165, 1.54) is 0 Å². The molecule has 0 aliphatic heterocycles. The maximum Gasteiger partial charge on any atom is 0.173 e. The number of rotatable bonds is 6. The zero-order valence-corrected chi connectivity index (χ0v) is 15.9. The van der Waals surface area contributed by atoms with E-state index < -0.39 is 0 Å². The fraction of sp³-hybridized carbons (Fsp3) is 0.368. The molecule has 1 atom stereocenters. The summed E-state index contributed by atoms with van der Waals surface area (Å²) in [6.07, 6.45) is 2.88. The lowest BCUT2D eigenvalue weighted by Crippen LogP contribution is -2.38. The number of benzene rings is 1. The summed E-state index contributed by atoms with van der Waals surface area (Å²) in [7, 11) is 0. The first-order valence-corrected chi connectivity index (χ1v) is 9.00. The lowest BCUT2D eigenvalue weighted by Gasteiger charge is -2.32. The van der Waals surface area contributed by atoms with Gasteiger partial charge in [0.25, 0.3) is 0 Å². The number of nitrogens with one attached hydrogen (secondary N) is 1. The Morgan fingerprint density at radius 2 is 2.00 bits per heavy atom. The van der Waals surface area contributed by atoms with Gasteiger partial charge in [0.2, 0.25) is 0 Å². The van der Waals surface area contributed by atoms with Crippen molar-refractivity contribution in [3.05, 3.63) is 59.4 Å². The van der Waals surface area contributed by atoms with Gasteiger partial charge in [-0.15, -0.1) is 0 Å². The van der Waals surface area contributed by atoms with Crippen LogP contribution in [-0.4, -0.2) is 21.5 Å². The highest BCUT2D eigenvalue weighted by Crippen LogP contribution is 2.22. The number of thiocarbonyl (C=S) groups is 1. The summed E-state index contributed by atoms with van der Waals surface area (Å²) in [5.41, 5.74) is 1.91. The average Bonchev–Trinajstić information content (AvgIpc) is 2.55. The SMILES string of the molecule is CC(C)CCN(C(=S)Nc1cccc(Cl)c1)[C@H](C)c1ccccn1. The monoisotopic (exact) mass is 361 g/mol. The van der Waals surface area contributed by atoms with Crippen LogP contribution in [0.25, 0.3) is 0 Å². The van der Waals surface area contributed by atoms with Crippen molar-refractivity contribution < 1.29 is 0 Å². The molecule has 0 radical (unpaired) electrons. The third-order valence-corrected chi connectivity index (χ3v) is 4.44. The Hall–Kier alpha value is -1.65. The van der Waals surface area contributed by atoms with Crippen molar-refractivity contribution >= 4 is 34.6 Å². The van der Waals surface area contributed by atoms with Gasteiger partial charge in [0.15, 0.2) is 5.11 Å². The van der Waals surface area contributed by atoms with Crippen LogP contribution < -0.4 is 5.32 Å². The van der Waals surface area contributed by atoms with Crippen LogP contribution in [0.2, 0.25) is 5.02 Å². The van der Waals surface area contributed by atoms with Gasteiger partial charge in [0.05, 0.1) is 11.7 Å². The van der Waals surface area contributed by atoms with Crippen molar-refractivity contribution in [2.75, 3.05) is 11.9 Å². The molecule has 0 saturated carbocycles. The third kappa shape index (κ3) is 5.46. The molecule has 3 nitrogen and oxygen atoms in total. The summed E-state index contributed by atoms with van der Waals surface area (Å²) in [6, 6.07) is 13.7. The summed E-state index contributed by atoms with van der Waals surface area (Å²) < 4.78 is 0. The van der Waals surface area contributed by atoms with Crippen LogP contribution in [0.3, 0.4) is 0 Å². The van der Waals surface area contributed by atoms with Crippen molar-refractivity contribution in [1.29, 1.82) is 0 Å². The average molecular weight is 362 g/mol. The fourth-order valence-electron chi connectivity index (χ4n) is 2.41. The molecule has 1 N–H and O–H groups in total. The van der Waals surface area contributed by atoms with Gasteiger partial charge in [-0.05, 0) is 61.8 Å². The van der Waals surface area contributed by atoms with E-state index in [0.29, 0.717) is 16.1 Å². The summed E-state index contributed by atoms with van der Waals surface area (Å²) >= 11 is 11.7. The Bertz CT molecular complexity index is 661. The van der Waals surface area contributed by atoms with Gasteiger partial charge < -0.3 is 10.2 Å². The number of halogens is 1. The van der Waals surface area contributed by atoms with Crippen molar-refractivity contribution in [3.63, 3.8) is 0 Å². The van der Waals surface area contributed by atoms with E-state index in [9.17, 15) is 0 Å². The van der Waals surface area contributed by atoms with E-state index in [4.69, 9.17) is 23.8 Å². The minimum atomic E-state index is 0.101. The topological polar surface area (TPSA) is 28.2 Å². The van der Waals surface area contributed by atoms with Crippen molar-refractivity contribution in [2.24, 2.45) is 5.92 Å². The molecule has 0 unspecified atom stereocenters. The molecule has 5 heteroatoms. The molecular weight excluding hydrogens is 338 g/mol. The number of anilines is 1. The van der Waals surface area contributed by atoms with E-state index in [-0.39, 0.29) is 6.04 Å². The largest absolute Gasteiger partial charge is 0.341 e. The van der Waals surface area contributed by atoms with Gasteiger partial charge >= 0.3 is 0 Å². The van der Waals surface area contributed by atoms with Crippen LogP contribution >= 0.6 is 23.8 Å². The minimum absolute atomic E-state index is 0.101. The maximum atomic E-state index is 6.06. The summed E-state index contributed by atoms with van der Waals surface area (Å²) in [4.78, 5) is 6.67. The van der Waals surface area contributed by atoms with Crippen molar-refractivity contribution in [1.82, 2.24) is 9.88 Å². The second-order valence-electron chi connectivity index (χ2n) is 6.25. The molecule has 1 aromatic carbocycles. The molecule has 0 saturated heterocycles. The number of hydrogen-bond acceptors (Lipinski definition) is 2. The lowest BCUT2D eigenvalue weighted by atomic mass is 10.1. The van der Waals surface area contributed by atoms with E-state index in [2.05, 4.69) is 36.0 Å². The number of nitrogens with zero attached hydrogens (tertiary/aromatic N) is 2. The second kappa shape index (κ2) is 9.00. The molecule has 24 heavy (non-hydrogen) atoms. The Labute approximate surface area is 155 Å². The first kappa shape index (κ1) is 18.7. The molecule has 0 aliphatic rings. The molecule has 0 aliphatic carbocycles. The molecule has 2 aromatic rings. The highest BCUT2D eigenvalue weighted by Gasteiger charge is 2.20. The molecular formula is C19H24ClN3S. The Morgan fingerprint density at radius 1 is 1.21 bits per heavy atom. The first-order chi connectivity index (χ1) is 11.5. The van der Waals surface area contributed by atoms with Gasteiger partial charge in [0, 0.05) is 23.5 Å². The Balaban J connectivity index is 2.16. The fourth-order valence-corrected chi connectivity index (χ4v) is 2.97. The van der Waals surface area contributed by atoms with Crippen molar-refractivity contribution in [2.45, 2.75) is 33.2 Å². The van der Waals surface area contributed by atoms with Gasteiger partial charge in [-0.25, -0.2) is 0 Å². The van der Waals surface area contributed by atoms with Crippen molar-refractivity contribution in [3.8, 4) is 0 Å². The first-order valence-electron chi connectivity index (χ1n) is 8.21. The third-order valence-electron chi connectivity index (χ3n) is 3.87. The Kier molecular flexibility index (Phi) is 7.00.